The molecule has 0 aromatic carbocycles. The maximum absolute atomic E-state index is 6.27. The van der Waals surface area contributed by atoms with Gasteiger partial charge in [0.1, 0.15) is 11.0 Å². The average molecular weight is 251 g/mol. The molecule has 0 unspecified atom stereocenters. The monoisotopic (exact) mass is 250 g/mol. The lowest BCUT2D eigenvalue weighted by Gasteiger charge is -2.25. The molecule has 0 spiro atoms. The zero-order chi connectivity index (χ0) is 11.8. The first kappa shape index (κ1) is 11.5. The summed E-state index contributed by atoms with van der Waals surface area (Å²) in [5.41, 5.74) is 2.43. The maximum atomic E-state index is 6.27. The van der Waals surface area contributed by atoms with E-state index in [0.29, 0.717) is 5.92 Å². The highest BCUT2D eigenvalue weighted by Gasteiger charge is 2.25. The van der Waals surface area contributed by atoms with Gasteiger partial charge in [0.15, 0.2) is 0 Å². The van der Waals surface area contributed by atoms with Gasteiger partial charge in [0.05, 0.1) is 0 Å². The Morgan fingerprint density at radius 3 is 2.59 bits per heavy atom. The fraction of sp³-hybridized carbons (Fsp3) is 0.714. The lowest BCUT2D eigenvalue weighted by molar-refractivity contribution is 0.339. The van der Waals surface area contributed by atoms with Gasteiger partial charge in [0.25, 0.3) is 0 Å². The molecule has 1 aromatic rings. The summed E-state index contributed by atoms with van der Waals surface area (Å²) in [5, 5.41) is 0.723. The van der Waals surface area contributed by atoms with E-state index in [1.165, 1.54) is 43.4 Å². The van der Waals surface area contributed by atoms with Gasteiger partial charge >= 0.3 is 0 Å². The first-order valence-corrected chi connectivity index (χ1v) is 7.17. The molecule has 2 nitrogen and oxygen atoms in total. The minimum atomic E-state index is 0.551. The zero-order valence-corrected chi connectivity index (χ0v) is 11.1. The van der Waals surface area contributed by atoms with Crippen LogP contribution in [0.3, 0.4) is 0 Å². The third-order valence-corrected chi connectivity index (χ3v) is 4.59. The smallest absolute Gasteiger partial charge is 0.136 e. The molecule has 0 N–H and O–H groups in total. The summed E-state index contributed by atoms with van der Waals surface area (Å²) in [6.45, 7) is 2.34. The summed E-state index contributed by atoms with van der Waals surface area (Å²) in [6, 6.07) is 0. The Kier molecular flexibility index (Phi) is 3.08. The second-order valence-corrected chi connectivity index (χ2v) is 5.97. The zero-order valence-electron chi connectivity index (χ0n) is 10.4. The van der Waals surface area contributed by atoms with Crippen LogP contribution in [0.25, 0.3) is 0 Å². The van der Waals surface area contributed by atoms with Crippen molar-refractivity contribution < 1.29 is 0 Å². The quantitative estimate of drug-likeness (QED) is 0.707. The van der Waals surface area contributed by atoms with Crippen LogP contribution in [0.5, 0.6) is 0 Å². The number of aromatic nitrogens is 2. The van der Waals surface area contributed by atoms with Crippen LogP contribution in [0.2, 0.25) is 5.15 Å². The minimum Gasteiger partial charge on any atom is -0.237 e. The molecule has 1 fully saturated rings. The molecule has 1 aromatic heterocycles. The van der Waals surface area contributed by atoms with E-state index >= 15 is 0 Å². The van der Waals surface area contributed by atoms with Crippen LogP contribution in [0.1, 0.15) is 62.0 Å². The van der Waals surface area contributed by atoms with Crippen molar-refractivity contribution >= 4 is 11.6 Å². The van der Waals surface area contributed by atoms with E-state index in [1.807, 2.05) is 0 Å². The van der Waals surface area contributed by atoms with Crippen LogP contribution in [0.4, 0.5) is 0 Å². The maximum Gasteiger partial charge on any atom is 0.136 e. The summed E-state index contributed by atoms with van der Waals surface area (Å²) in [4.78, 5) is 9.32. The van der Waals surface area contributed by atoms with Gasteiger partial charge in [0.2, 0.25) is 0 Å². The van der Waals surface area contributed by atoms with E-state index in [2.05, 4.69) is 11.9 Å². The number of fused-ring (bicyclic) bond motifs is 1. The summed E-state index contributed by atoms with van der Waals surface area (Å²) in [6.07, 6.45) is 8.43. The van der Waals surface area contributed by atoms with Crippen molar-refractivity contribution in [2.45, 2.75) is 57.8 Å². The third kappa shape index (κ3) is 2.20. The number of rotatable bonds is 1. The summed E-state index contributed by atoms with van der Waals surface area (Å²) in [7, 11) is 0. The Bertz CT molecular complexity index is 422. The highest BCUT2D eigenvalue weighted by atomic mass is 35.5. The first-order valence-electron chi connectivity index (χ1n) is 6.79. The van der Waals surface area contributed by atoms with E-state index in [9.17, 15) is 0 Å². The summed E-state index contributed by atoms with van der Waals surface area (Å²) < 4.78 is 0. The van der Waals surface area contributed by atoms with E-state index < -0.39 is 0 Å². The van der Waals surface area contributed by atoms with Crippen molar-refractivity contribution in [3.63, 3.8) is 0 Å². The predicted octanol–water partition coefficient (Wildman–Crippen LogP) is 3.91. The molecule has 3 rings (SSSR count). The Morgan fingerprint density at radius 2 is 1.82 bits per heavy atom. The van der Waals surface area contributed by atoms with Crippen LogP contribution < -0.4 is 0 Å². The number of aryl methyl sites for hydroxylation is 1. The molecule has 0 saturated heterocycles. The van der Waals surface area contributed by atoms with Gasteiger partial charge in [-0.15, -0.1) is 0 Å². The van der Waals surface area contributed by atoms with E-state index in [1.54, 1.807) is 0 Å². The fourth-order valence-electron chi connectivity index (χ4n) is 3.11. The molecule has 0 aliphatic heterocycles. The molecule has 3 heteroatoms. The van der Waals surface area contributed by atoms with Crippen LogP contribution in [0.15, 0.2) is 0 Å². The molecule has 2 aliphatic carbocycles. The molecule has 92 valence electrons. The molecule has 0 radical (unpaired) electrons. The van der Waals surface area contributed by atoms with Gasteiger partial charge in [-0.05, 0) is 38.0 Å². The lowest BCUT2D eigenvalue weighted by atomic mass is 9.82. The number of nitrogens with zero attached hydrogens (tertiary/aromatic N) is 2. The largest absolute Gasteiger partial charge is 0.237 e. The lowest BCUT2D eigenvalue weighted by Crippen LogP contribution is -2.14. The Hall–Kier alpha value is -0.630. The fourth-order valence-corrected chi connectivity index (χ4v) is 3.40. The first-order chi connectivity index (χ1) is 8.24. The second kappa shape index (κ2) is 4.56. The van der Waals surface area contributed by atoms with Crippen molar-refractivity contribution in [3.05, 3.63) is 22.2 Å². The predicted molar refractivity (Wildman–Crippen MR) is 69.4 cm³/mol. The molecule has 0 bridgehead atoms. The summed E-state index contributed by atoms with van der Waals surface area (Å²) in [5.74, 6) is 2.44. The molecular formula is C14H19ClN2. The van der Waals surface area contributed by atoms with E-state index in [4.69, 9.17) is 16.6 Å². The number of hydrogen-bond donors (Lipinski definition) is 0. The topological polar surface area (TPSA) is 25.8 Å². The molecular weight excluding hydrogens is 232 g/mol. The van der Waals surface area contributed by atoms with Gasteiger partial charge in [0, 0.05) is 17.2 Å². The Morgan fingerprint density at radius 1 is 1.06 bits per heavy atom. The van der Waals surface area contributed by atoms with Gasteiger partial charge in [-0.2, -0.15) is 0 Å². The minimum absolute atomic E-state index is 0.551. The van der Waals surface area contributed by atoms with Crippen molar-refractivity contribution in [2.24, 2.45) is 5.92 Å². The van der Waals surface area contributed by atoms with Gasteiger partial charge in [-0.25, -0.2) is 9.97 Å². The molecule has 1 saturated carbocycles. The van der Waals surface area contributed by atoms with Crippen LogP contribution in [-0.2, 0) is 12.8 Å². The van der Waals surface area contributed by atoms with Crippen molar-refractivity contribution in [1.29, 1.82) is 0 Å². The van der Waals surface area contributed by atoms with E-state index in [-0.39, 0.29) is 0 Å². The van der Waals surface area contributed by atoms with Gasteiger partial charge < -0.3 is 0 Å². The van der Waals surface area contributed by atoms with Gasteiger partial charge in [-0.3, -0.25) is 0 Å². The molecule has 0 atom stereocenters. The van der Waals surface area contributed by atoms with E-state index in [0.717, 1.165) is 29.7 Å². The number of hydrogen-bond acceptors (Lipinski definition) is 2. The average Bonchev–Trinajstić information content (AvgIpc) is 2.78. The van der Waals surface area contributed by atoms with Crippen LogP contribution >= 0.6 is 11.6 Å². The molecule has 0 amide bonds. The highest BCUT2D eigenvalue weighted by molar-refractivity contribution is 6.30. The molecule has 2 aliphatic rings. The van der Waals surface area contributed by atoms with Gasteiger partial charge in [-0.1, -0.05) is 31.4 Å². The SMILES string of the molecule is CC1CCC(c2nc(Cl)c3c(n2)CCC3)CC1. The number of halogens is 1. The van der Waals surface area contributed by atoms with Crippen molar-refractivity contribution in [2.75, 3.05) is 0 Å². The highest BCUT2D eigenvalue weighted by Crippen LogP contribution is 2.36. The Labute approximate surface area is 108 Å². The second-order valence-electron chi connectivity index (χ2n) is 5.61. The van der Waals surface area contributed by atoms with Crippen molar-refractivity contribution in [3.8, 4) is 0 Å². The van der Waals surface area contributed by atoms with Crippen LogP contribution in [-0.4, -0.2) is 9.97 Å². The standard InChI is InChI=1S/C14H19ClN2/c1-9-5-7-10(8-6-9)14-16-12-4-2-3-11(12)13(15)17-14/h9-10H,2-8H2,1H3. The van der Waals surface area contributed by atoms with Crippen LogP contribution in [0, 0.1) is 5.92 Å². The Balaban J connectivity index is 1.86. The molecule has 17 heavy (non-hydrogen) atoms. The molecule has 1 heterocycles. The third-order valence-electron chi connectivity index (χ3n) is 4.28. The van der Waals surface area contributed by atoms with Crippen molar-refractivity contribution in [1.82, 2.24) is 9.97 Å². The normalized spacial score (nSPS) is 28.1. The summed E-state index contributed by atoms with van der Waals surface area (Å²) >= 11 is 6.27.